The fourth-order valence-corrected chi connectivity index (χ4v) is 2.51. The number of benzene rings is 2. The first-order valence-electron chi connectivity index (χ1n) is 9.20. The minimum absolute atomic E-state index is 0.0912. The topological polar surface area (TPSA) is 89.0 Å². The highest BCUT2D eigenvalue weighted by atomic mass is 35.5. The van der Waals surface area contributed by atoms with Crippen molar-refractivity contribution in [1.29, 1.82) is 0 Å². The molecule has 0 saturated heterocycles. The van der Waals surface area contributed by atoms with Gasteiger partial charge in [-0.2, -0.15) is 5.10 Å². The molecule has 154 valence electrons. The number of methoxy groups -OCH3 is 1. The number of amides is 2. The maximum atomic E-state index is 12.0. The predicted octanol–water partition coefficient (Wildman–Crippen LogP) is 3.41. The summed E-state index contributed by atoms with van der Waals surface area (Å²) >= 11 is 6.01. The van der Waals surface area contributed by atoms with Crippen molar-refractivity contribution in [2.45, 2.75) is 19.8 Å². The lowest BCUT2D eigenvalue weighted by atomic mass is 10.2. The van der Waals surface area contributed by atoms with Crippen LogP contribution in [0.25, 0.3) is 0 Å². The van der Waals surface area contributed by atoms with Gasteiger partial charge in [-0.1, -0.05) is 18.5 Å². The van der Waals surface area contributed by atoms with Crippen LogP contribution in [0.3, 0.4) is 0 Å². The van der Waals surface area contributed by atoms with Crippen LogP contribution in [0.4, 0.5) is 0 Å². The summed E-state index contributed by atoms with van der Waals surface area (Å²) in [7, 11) is 1.56. The third kappa shape index (κ3) is 7.46. The smallest absolute Gasteiger partial charge is 0.251 e. The van der Waals surface area contributed by atoms with Crippen molar-refractivity contribution >= 4 is 29.6 Å². The molecule has 0 bridgehead atoms. The summed E-state index contributed by atoms with van der Waals surface area (Å²) < 4.78 is 10.7. The second kappa shape index (κ2) is 11.7. The van der Waals surface area contributed by atoms with Crippen LogP contribution >= 0.6 is 11.6 Å². The van der Waals surface area contributed by atoms with Crippen molar-refractivity contribution in [1.82, 2.24) is 10.7 Å². The van der Waals surface area contributed by atoms with E-state index >= 15 is 0 Å². The van der Waals surface area contributed by atoms with Crippen LogP contribution in [0.2, 0.25) is 5.02 Å². The maximum Gasteiger partial charge on any atom is 0.251 e. The number of nitrogens with one attached hydrogen (secondary N) is 2. The minimum Gasteiger partial charge on any atom is -0.497 e. The van der Waals surface area contributed by atoms with E-state index < -0.39 is 0 Å². The number of nitrogens with zero attached hydrogens (tertiary/aromatic N) is 1. The number of rotatable bonds is 10. The number of carbonyl (C=O) groups is 2. The maximum absolute atomic E-state index is 12.0. The van der Waals surface area contributed by atoms with Gasteiger partial charge in [0, 0.05) is 29.1 Å². The molecule has 0 heterocycles. The summed E-state index contributed by atoms with van der Waals surface area (Å²) in [6, 6.07) is 11.9. The van der Waals surface area contributed by atoms with Gasteiger partial charge in [-0.3, -0.25) is 9.59 Å². The quantitative estimate of drug-likeness (QED) is 0.458. The van der Waals surface area contributed by atoms with E-state index in [9.17, 15) is 9.59 Å². The van der Waals surface area contributed by atoms with E-state index in [0.717, 1.165) is 6.42 Å². The number of ether oxygens (including phenoxy) is 2. The van der Waals surface area contributed by atoms with Gasteiger partial charge in [0.2, 0.25) is 5.91 Å². The lowest BCUT2D eigenvalue weighted by Crippen LogP contribution is -2.29. The molecule has 0 aliphatic rings. The largest absolute Gasteiger partial charge is 0.497 e. The fraction of sp³-hybridized carbons (Fsp3) is 0.286. The van der Waals surface area contributed by atoms with Crippen LogP contribution in [-0.4, -0.2) is 38.3 Å². The molecule has 0 spiro atoms. The number of hydrogen-bond acceptors (Lipinski definition) is 5. The van der Waals surface area contributed by atoms with E-state index in [1.165, 1.54) is 6.21 Å². The Morgan fingerprint density at radius 2 is 1.93 bits per heavy atom. The Labute approximate surface area is 175 Å². The first-order chi connectivity index (χ1) is 14.0. The molecule has 2 rings (SSSR count). The van der Waals surface area contributed by atoms with E-state index in [1.807, 2.05) is 6.92 Å². The molecule has 0 radical (unpaired) electrons. The molecule has 7 nitrogen and oxygen atoms in total. The van der Waals surface area contributed by atoms with Gasteiger partial charge in [0.25, 0.3) is 5.91 Å². The van der Waals surface area contributed by atoms with Gasteiger partial charge in [-0.05, 0) is 48.9 Å². The molecule has 0 saturated carbocycles. The Bertz CT molecular complexity index is 854. The van der Waals surface area contributed by atoms with E-state index in [-0.39, 0.29) is 24.8 Å². The number of halogens is 1. The molecule has 0 aromatic heterocycles. The molecule has 0 fully saturated rings. The van der Waals surface area contributed by atoms with Crippen molar-refractivity contribution < 1.29 is 19.1 Å². The lowest BCUT2D eigenvalue weighted by molar-refractivity contribution is -0.120. The SMILES string of the molecule is CCCOc1ccc(Cl)cc1C=NNC(=O)CCNC(=O)c1ccc(OC)cc1. The van der Waals surface area contributed by atoms with Gasteiger partial charge < -0.3 is 14.8 Å². The molecule has 0 aliphatic heterocycles. The molecular formula is C21H24ClN3O4. The Morgan fingerprint density at radius 1 is 1.17 bits per heavy atom. The number of hydrogen-bond donors (Lipinski definition) is 2. The second-order valence-electron chi connectivity index (χ2n) is 6.06. The Morgan fingerprint density at radius 3 is 2.62 bits per heavy atom. The van der Waals surface area contributed by atoms with Gasteiger partial charge in [0.15, 0.2) is 0 Å². The van der Waals surface area contributed by atoms with Gasteiger partial charge in [-0.25, -0.2) is 5.43 Å². The van der Waals surface area contributed by atoms with E-state index in [1.54, 1.807) is 49.6 Å². The molecule has 2 aromatic carbocycles. The molecule has 0 atom stereocenters. The second-order valence-corrected chi connectivity index (χ2v) is 6.49. The van der Waals surface area contributed by atoms with Crippen LogP contribution in [-0.2, 0) is 4.79 Å². The summed E-state index contributed by atoms with van der Waals surface area (Å²) in [6.07, 6.45) is 2.44. The normalized spacial score (nSPS) is 10.6. The van der Waals surface area contributed by atoms with Crippen LogP contribution in [0.5, 0.6) is 11.5 Å². The average molecular weight is 418 g/mol. The number of hydrazone groups is 1. The van der Waals surface area contributed by atoms with Gasteiger partial charge in [0.1, 0.15) is 11.5 Å². The van der Waals surface area contributed by atoms with Crippen LogP contribution in [0.15, 0.2) is 47.6 Å². The zero-order valence-electron chi connectivity index (χ0n) is 16.4. The molecule has 0 unspecified atom stereocenters. The molecule has 0 aliphatic carbocycles. The first kappa shape index (κ1) is 22.2. The summed E-state index contributed by atoms with van der Waals surface area (Å²) in [5.74, 6) is 0.720. The molecule has 2 N–H and O–H groups in total. The summed E-state index contributed by atoms with van der Waals surface area (Å²) in [6.45, 7) is 2.77. The average Bonchev–Trinajstić information content (AvgIpc) is 2.73. The van der Waals surface area contributed by atoms with E-state index in [0.29, 0.717) is 34.3 Å². The zero-order chi connectivity index (χ0) is 21.1. The highest BCUT2D eigenvalue weighted by Gasteiger charge is 2.07. The van der Waals surface area contributed by atoms with Crippen molar-refractivity contribution in [2.75, 3.05) is 20.3 Å². The first-order valence-corrected chi connectivity index (χ1v) is 9.57. The van der Waals surface area contributed by atoms with Crippen molar-refractivity contribution in [3.8, 4) is 11.5 Å². The Hall–Kier alpha value is -3.06. The highest BCUT2D eigenvalue weighted by Crippen LogP contribution is 2.21. The highest BCUT2D eigenvalue weighted by molar-refractivity contribution is 6.30. The van der Waals surface area contributed by atoms with Crippen molar-refractivity contribution in [3.05, 3.63) is 58.6 Å². The monoisotopic (exact) mass is 417 g/mol. The fourth-order valence-electron chi connectivity index (χ4n) is 2.33. The van der Waals surface area contributed by atoms with Crippen molar-refractivity contribution in [3.63, 3.8) is 0 Å². The Balaban J connectivity index is 1.79. The van der Waals surface area contributed by atoms with Crippen LogP contribution < -0.4 is 20.2 Å². The minimum atomic E-state index is -0.325. The lowest BCUT2D eigenvalue weighted by Gasteiger charge is -2.08. The van der Waals surface area contributed by atoms with E-state index in [4.69, 9.17) is 21.1 Å². The van der Waals surface area contributed by atoms with Crippen LogP contribution in [0, 0.1) is 0 Å². The molecule has 8 heteroatoms. The predicted molar refractivity (Wildman–Crippen MR) is 113 cm³/mol. The van der Waals surface area contributed by atoms with E-state index in [2.05, 4.69) is 15.8 Å². The molecule has 2 amide bonds. The Kier molecular flexibility index (Phi) is 8.98. The van der Waals surface area contributed by atoms with Gasteiger partial charge >= 0.3 is 0 Å². The van der Waals surface area contributed by atoms with Gasteiger partial charge in [0.05, 0.1) is 19.9 Å². The van der Waals surface area contributed by atoms with Gasteiger partial charge in [-0.15, -0.1) is 0 Å². The standard InChI is InChI=1S/C21H24ClN3O4/c1-3-12-29-19-9-6-17(22)13-16(19)14-24-25-20(26)10-11-23-21(27)15-4-7-18(28-2)8-5-15/h4-9,13-14H,3,10-12H2,1-2H3,(H,23,27)(H,25,26). The van der Waals surface area contributed by atoms with Crippen LogP contribution in [0.1, 0.15) is 35.7 Å². The third-order valence-corrected chi connectivity index (χ3v) is 4.05. The van der Waals surface area contributed by atoms with Crippen molar-refractivity contribution in [2.24, 2.45) is 5.10 Å². The third-order valence-electron chi connectivity index (χ3n) is 3.82. The summed E-state index contributed by atoms with van der Waals surface area (Å²) in [5.41, 5.74) is 3.58. The summed E-state index contributed by atoms with van der Waals surface area (Å²) in [5, 5.41) is 7.17. The zero-order valence-corrected chi connectivity index (χ0v) is 17.2. The molecule has 2 aromatic rings. The number of carbonyl (C=O) groups excluding carboxylic acids is 2. The summed E-state index contributed by atoms with van der Waals surface area (Å²) in [4.78, 5) is 23.9. The molecular weight excluding hydrogens is 394 g/mol. The molecule has 29 heavy (non-hydrogen) atoms.